The number of anilines is 2. The zero-order valence-electron chi connectivity index (χ0n) is 20.1. The highest BCUT2D eigenvalue weighted by Crippen LogP contribution is 2.25. The summed E-state index contributed by atoms with van der Waals surface area (Å²) in [4.78, 5) is 14.6. The average molecular weight is 524 g/mol. The van der Waals surface area contributed by atoms with Crippen LogP contribution < -0.4 is 19.7 Å². The van der Waals surface area contributed by atoms with Gasteiger partial charge in [-0.1, -0.05) is 23.4 Å². The number of aromatic nitrogens is 3. The molecule has 0 aliphatic heterocycles. The summed E-state index contributed by atoms with van der Waals surface area (Å²) in [5.74, 6) is 2.03. The van der Waals surface area contributed by atoms with Crippen LogP contribution in [-0.4, -0.2) is 47.6 Å². The van der Waals surface area contributed by atoms with Gasteiger partial charge in [-0.2, -0.15) is 0 Å². The molecule has 0 bridgehead atoms. The lowest BCUT2D eigenvalue weighted by Crippen LogP contribution is -2.15. The van der Waals surface area contributed by atoms with Crippen LogP contribution in [0.3, 0.4) is 0 Å². The van der Waals surface area contributed by atoms with Crippen LogP contribution in [0.1, 0.15) is 5.82 Å². The Balaban J connectivity index is 1.48. The van der Waals surface area contributed by atoms with E-state index in [0.717, 1.165) is 22.8 Å². The van der Waals surface area contributed by atoms with Crippen molar-refractivity contribution in [2.45, 2.75) is 11.8 Å². The predicted octanol–water partition coefficient (Wildman–Crippen LogP) is 5.31. The number of carbonyl (C=O) groups excluding carboxylic acids is 1. The molecule has 1 N–H and O–H groups in total. The summed E-state index contributed by atoms with van der Waals surface area (Å²) < 4.78 is 13.1. The third-order valence-electron chi connectivity index (χ3n) is 5.21. The van der Waals surface area contributed by atoms with Gasteiger partial charge in [0.2, 0.25) is 5.91 Å². The first-order valence-electron chi connectivity index (χ1n) is 11.1. The Morgan fingerprint density at radius 3 is 2.28 bits per heavy atom. The Morgan fingerprint density at radius 2 is 1.64 bits per heavy atom. The lowest BCUT2D eigenvalue weighted by Gasteiger charge is -2.13. The second-order valence-electron chi connectivity index (χ2n) is 7.95. The third-order valence-corrected chi connectivity index (χ3v) is 6.39. The molecule has 0 saturated heterocycles. The lowest BCUT2D eigenvalue weighted by atomic mass is 10.2. The molecule has 186 valence electrons. The smallest absolute Gasteiger partial charge is 0.234 e. The van der Waals surface area contributed by atoms with Gasteiger partial charge in [0, 0.05) is 36.2 Å². The van der Waals surface area contributed by atoms with Gasteiger partial charge in [-0.3, -0.25) is 9.36 Å². The first-order valence-corrected chi connectivity index (χ1v) is 12.5. The van der Waals surface area contributed by atoms with E-state index in [1.54, 1.807) is 31.4 Å². The number of hydrogen-bond donors (Lipinski definition) is 1. The van der Waals surface area contributed by atoms with Crippen molar-refractivity contribution in [3.05, 3.63) is 83.6 Å². The van der Waals surface area contributed by atoms with Crippen molar-refractivity contribution in [1.29, 1.82) is 0 Å². The Bertz CT molecular complexity index is 1290. The molecular weight excluding hydrogens is 498 g/mol. The van der Waals surface area contributed by atoms with Crippen molar-refractivity contribution in [1.82, 2.24) is 14.8 Å². The molecule has 1 heterocycles. The summed E-state index contributed by atoms with van der Waals surface area (Å²) in [6, 6.07) is 22.3. The first kappa shape index (κ1) is 25.4. The molecule has 10 heteroatoms. The number of halogens is 1. The summed E-state index contributed by atoms with van der Waals surface area (Å²) in [7, 11) is 5.56. The minimum absolute atomic E-state index is 0.138. The van der Waals surface area contributed by atoms with Crippen molar-refractivity contribution in [2.24, 2.45) is 0 Å². The molecule has 1 aromatic heterocycles. The van der Waals surface area contributed by atoms with E-state index < -0.39 is 0 Å². The fraction of sp³-hybridized carbons (Fsp3) is 0.192. The van der Waals surface area contributed by atoms with Crippen LogP contribution >= 0.6 is 23.4 Å². The van der Waals surface area contributed by atoms with Crippen LogP contribution in [0.5, 0.6) is 11.5 Å². The Morgan fingerprint density at radius 1 is 0.972 bits per heavy atom. The molecule has 3 aromatic carbocycles. The Hall–Kier alpha value is -3.69. The van der Waals surface area contributed by atoms with E-state index in [0.29, 0.717) is 21.8 Å². The summed E-state index contributed by atoms with van der Waals surface area (Å²) in [6.07, 6.45) is 0. The monoisotopic (exact) mass is 523 g/mol. The maximum atomic E-state index is 12.6. The van der Waals surface area contributed by atoms with Gasteiger partial charge in [0.25, 0.3) is 0 Å². The van der Waals surface area contributed by atoms with Crippen molar-refractivity contribution in [3.63, 3.8) is 0 Å². The van der Waals surface area contributed by atoms with Crippen molar-refractivity contribution in [2.75, 3.05) is 37.2 Å². The maximum Gasteiger partial charge on any atom is 0.234 e. The van der Waals surface area contributed by atoms with E-state index in [-0.39, 0.29) is 18.3 Å². The van der Waals surface area contributed by atoms with Crippen LogP contribution in [0, 0.1) is 0 Å². The Kier molecular flexibility index (Phi) is 8.35. The molecule has 0 radical (unpaired) electrons. The van der Waals surface area contributed by atoms with Crippen molar-refractivity contribution in [3.8, 4) is 17.2 Å². The van der Waals surface area contributed by atoms with E-state index in [2.05, 4.69) is 15.5 Å². The molecule has 0 unspecified atom stereocenters. The second-order valence-corrected chi connectivity index (χ2v) is 9.33. The highest BCUT2D eigenvalue weighted by molar-refractivity contribution is 7.99. The molecule has 0 saturated carbocycles. The number of nitrogens with zero attached hydrogens (tertiary/aromatic N) is 4. The maximum absolute atomic E-state index is 12.6. The number of methoxy groups -OCH3 is 1. The largest absolute Gasteiger partial charge is 0.497 e. The molecule has 4 aromatic rings. The minimum Gasteiger partial charge on any atom is -0.497 e. The summed E-state index contributed by atoms with van der Waals surface area (Å²) >= 11 is 7.26. The standard InChI is InChI=1S/C26H26ClN5O3S/c1-31(2)20-8-6-19(7-9-20)28-25(33)17-36-26-30-29-24(16-35-23-12-4-18(27)5-13-23)32(26)21-10-14-22(34-3)15-11-21/h4-15H,16-17H2,1-3H3,(H,28,33). The van der Waals surface area contributed by atoms with Gasteiger partial charge in [-0.15, -0.1) is 10.2 Å². The van der Waals surface area contributed by atoms with Gasteiger partial charge < -0.3 is 19.7 Å². The fourth-order valence-corrected chi connectivity index (χ4v) is 4.22. The van der Waals surface area contributed by atoms with Crippen molar-refractivity contribution >= 4 is 40.6 Å². The zero-order chi connectivity index (χ0) is 25.5. The second kappa shape index (κ2) is 11.8. The quantitative estimate of drug-likeness (QED) is 0.282. The van der Waals surface area contributed by atoms with E-state index in [9.17, 15) is 4.79 Å². The van der Waals surface area contributed by atoms with Crippen LogP contribution in [0.15, 0.2) is 78.0 Å². The SMILES string of the molecule is COc1ccc(-n2c(COc3ccc(Cl)cc3)nnc2SCC(=O)Nc2ccc(N(C)C)cc2)cc1. The van der Waals surface area contributed by atoms with Gasteiger partial charge >= 0.3 is 0 Å². The normalized spacial score (nSPS) is 10.7. The number of hydrogen-bond acceptors (Lipinski definition) is 7. The molecule has 0 fully saturated rings. The van der Waals surface area contributed by atoms with Gasteiger partial charge in [-0.25, -0.2) is 0 Å². The number of thioether (sulfide) groups is 1. The molecule has 0 atom stereocenters. The highest BCUT2D eigenvalue weighted by Gasteiger charge is 2.17. The number of nitrogens with one attached hydrogen (secondary N) is 1. The topological polar surface area (TPSA) is 81.5 Å². The summed E-state index contributed by atoms with van der Waals surface area (Å²) in [5, 5.41) is 12.8. The van der Waals surface area contributed by atoms with Crippen LogP contribution in [0.2, 0.25) is 5.02 Å². The van der Waals surface area contributed by atoms with E-state index in [4.69, 9.17) is 21.1 Å². The minimum atomic E-state index is -0.138. The predicted molar refractivity (Wildman–Crippen MR) is 144 cm³/mol. The number of rotatable bonds is 10. The number of amides is 1. The first-order chi connectivity index (χ1) is 17.4. The van der Waals surface area contributed by atoms with Crippen LogP contribution in [-0.2, 0) is 11.4 Å². The molecule has 0 aliphatic carbocycles. The highest BCUT2D eigenvalue weighted by atomic mass is 35.5. The van der Waals surface area contributed by atoms with E-state index >= 15 is 0 Å². The molecule has 36 heavy (non-hydrogen) atoms. The van der Waals surface area contributed by atoms with Gasteiger partial charge in [-0.05, 0) is 72.8 Å². The average Bonchev–Trinajstić information content (AvgIpc) is 3.30. The van der Waals surface area contributed by atoms with E-state index in [1.807, 2.05) is 72.1 Å². The Labute approximate surface area is 219 Å². The van der Waals surface area contributed by atoms with Crippen LogP contribution in [0.25, 0.3) is 5.69 Å². The number of benzene rings is 3. The lowest BCUT2D eigenvalue weighted by molar-refractivity contribution is -0.113. The molecule has 4 rings (SSSR count). The zero-order valence-corrected chi connectivity index (χ0v) is 21.7. The number of carbonyl (C=O) groups is 1. The summed E-state index contributed by atoms with van der Waals surface area (Å²) in [5.41, 5.74) is 2.63. The molecular formula is C26H26ClN5O3S. The third kappa shape index (κ3) is 6.50. The van der Waals surface area contributed by atoms with E-state index in [1.165, 1.54) is 11.8 Å². The number of ether oxygens (including phenoxy) is 2. The van der Waals surface area contributed by atoms with Gasteiger partial charge in [0.05, 0.1) is 12.9 Å². The summed E-state index contributed by atoms with van der Waals surface area (Å²) in [6.45, 7) is 0.186. The van der Waals surface area contributed by atoms with Crippen molar-refractivity contribution < 1.29 is 14.3 Å². The van der Waals surface area contributed by atoms with Crippen LogP contribution in [0.4, 0.5) is 11.4 Å². The van der Waals surface area contributed by atoms with Gasteiger partial charge in [0.1, 0.15) is 18.1 Å². The molecule has 0 spiro atoms. The molecule has 0 aliphatic rings. The van der Waals surface area contributed by atoms with Gasteiger partial charge in [0.15, 0.2) is 11.0 Å². The molecule has 1 amide bonds. The fourth-order valence-electron chi connectivity index (χ4n) is 3.33. The molecule has 8 nitrogen and oxygen atoms in total.